The number of hydrogen-bond donors (Lipinski definition) is 0. The molecule has 0 N–H and O–H groups in total. The van der Waals surface area contributed by atoms with Gasteiger partial charge in [0.1, 0.15) is 17.5 Å². The second-order valence-corrected chi connectivity index (χ2v) is 17.5. The fourth-order valence-corrected chi connectivity index (χ4v) is 11.4. The highest BCUT2D eigenvalue weighted by atomic mass is 32.1. The van der Waals surface area contributed by atoms with E-state index in [2.05, 4.69) is 209 Å². The monoisotopic (exact) mass is 834 g/mol. The minimum absolute atomic E-state index is 0.875. The van der Waals surface area contributed by atoms with Crippen LogP contribution >= 0.6 is 11.3 Å². The highest BCUT2D eigenvalue weighted by Crippen LogP contribution is 2.48. The first-order valence-electron chi connectivity index (χ1n) is 21.6. The summed E-state index contributed by atoms with van der Waals surface area (Å²) in [7, 11) is 0. The van der Waals surface area contributed by atoms with Gasteiger partial charge >= 0.3 is 0 Å². The van der Waals surface area contributed by atoms with Crippen LogP contribution in [-0.4, -0.2) is 19.1 Å². The first-order chi connectivity index (χ1) is 31.8. The van der Waals surface area contributed by atoms with E-state index in [4.69, 9.17) is 14.4 Å². The van der Waals surface area contributed by atoms with Gasteiger partial charge in [0.15, 0.2) is 0 Å². The first kappa shape index (κ1) is 35.3. The third-order valence-electron chi connectivity index (χ3n) is 13.0. The van der Waals surface area contributed by atoms with Crippen molar-refractivity contribution in [3.8, 4) is 44.9 Å². The molecule has 0 aliphatic heterocycles. The van der Waals surface area contributed by atoms with Crippen LogP contribution in [0.5, 0.6) is 0 Å². The maximum absolute atomic E-state index is 7.13. The number of fused-ring (bicyclic) bond motifs is 13. The normalized spacial score (nSPS) is 12.1. The zero-order chi connectivity index (χ0) is 41.9. The molecular formula is C58H34N4OS. The molecule has 0 aliphatic carbocycles. The quantitative estimate of drug-likeness (QED) is 0.174. The average Bonchev–Trinajstić information content (AvgIpc) is 4.11. The molecule has 0 atom stereocenters. The molecule has 0 amide bonds. The van der Waals surface area contributed by atoms with Gasteiger partial charge in [-0.25, -0.2) is 9.97 Å². The SMILES string of the molecule is c1ccc(-c2cc(-c3ncnc4c3sc3ccccc34)cc(-c3ccccc3)c2-n2c3ccccc3c3c4oc5cc6c7ccccc7n(-c7ccccc7)c6cc5c4ccc32)cc1. The summed E-state index contributed by atoms with van der Waals surface area (Å²) in [6.07, 6.45) is 1.72. The summed E-state index contributed by atoms with van der Waals surface area (Å²) in [5, 5.41) is 7.94. The molecule has 0 saturated heterocycles. The summed E-state index contributed by atoms with van der Waals surface area (Å²) in [6, 6.07) is 71.9. The van der Waals surface area contributed by atoms with E-state index in [0.29, 0.717) is 0 Å². The lowest BCUT2D eigenvalue weighted by molar-refractivity contribution is 0.673. The molecule has 64 heavy (non-hydrogen) atoms. The third kappa shape index (κ3) is 5.05. The van der Waals surface area contributed by atoms with Gasteiger partial charge < -0.3 is 13.6 Å². The topological polar surface area (TPSA) is 48.8 Å². The lowest BCUT2D eigenvalue weighted by atomic mass is 9.91. The smallest absolute Gasteiger partial charge is 0.145 e. The maximum Gasteiger partial charge on any atom is 0.145 e. The Labute approximate surface area is 370 Å². The zero-order valence-corrected chi connectivity index (χ0v) is 35.1. The molecule has 0 unspecified atom stereocenters. The Morgan fingerprint density at radius 1 is 0.422 bits per heavy atom. The molecule has 0 aliphatic rings. The Morgan fingerprint density at radius 3 is 1.78 bits per heavy atom. The van der Waals surface area contributed by atoms with Gasteiger partial charge in [-0.15, -0.1) is 11.3 Å². The second-order valence-electron chi connectivity index (χ2n) is 16.5. The molecule has 0 spiro atoms. The minimum Gasteiger partial charge on any atom is -0.455 e. The lowest BCUT2D eigenvalue weighted by Crippen LogP contribution is -2.02. The van der Waals surface area contributed by atoms with Crippen LogP contribution in [0.15, 0.2) is 211 Å². The van der Waals surface area contributed by atoms with E-state index >= 15 is 0 Å². The number of thiophene rings is 1. The summed E-state index contributed by atoms with van der Waals surface area (Å²) in [6.45, 7) is 0. The number of nitrogens with zero attached hydrogens (tertiary/aromatic N) is 4. The van der Waals surface area contributed by atoms with Gasteiger partial charge in [-0.2, -0.15) is 0 Å². The second kappa shape index (κ2) is 13.6. The Bertz CT molecular complexity index is 4120. The molecule has 5 nitrogen and oxygen atoms in total. The van der Waals surface area contributed by atoms with Gasteiger partial charge in [-0.3, -0.25) is 0 Å². The molecule has 14 rings (SSSR count). The predicted molar refractivity (Wildman–Crippen MR) is 267 cm³/mol. The molecule has 0 radical (unpaired) electrons. The van der Waals surface area contributed by atoms with Gasteiger partial charge in [0.05, 0.1) is 49.1 Å². The van der Waals surface area contributed by atoms with E-state index in [1.807, 2.05) is 0 Å². The number of furan rings is 1. The van der Waals surface area contributed by atoms with Crippen molar-refractivity contribution in [2.24, 2.45) is 0 Å². The molecule has 14 aromatic rings. The Kier molecular flexibility index (Phi) is 7.49. The van der Waals surface area contributed by atoms with Crippen LogP contribution in [-0.2, 0) is 0 Å². The van der Waals surface area contributed by atoms with Gasteiger partial charge in [-0.05, 0) is 77.9 Å². The number of rotatable bonds is 5. The average molecular weight is 835 g/mol. The maximum atomic E-state index is 7.13. The predicted octanol–water partition coefficient (Wildman–Crippen LogP) is 15.9. The minimum atomic E-state index is 0.875. The molecule has 5 aromatic heterocycles. The Hall–Kier alpha value is -8.32. The van der Waals surface area contributed by atoms with Crippen LogP contribution in [0, 0.1) is 0 Å². The number of benzene rings is 9. The largest absolute Gasteiger partial charge is 0.455 e. The van der Waals surface area contributed by atoms with Crippen molar-refractivity contribution in [1.29, 1.82) is 0 Å². The molecule has 0 fully saturated rings. The van der Waals surface area contributed by atoms with E-state index in [-0.39, 0.29) is 0 Å². The number of hydrogen-bond acceptors (Lipinski definition) is 4. The molecule has 0 bridgehead atoms. The van der Waals surface area contributed by atoms with Gasteiger partial charge in [0, 0.05) is 59.4 Å². The van der Waals surface area contributed by atoms with E-state index in [1.165, 1.54) is 21.0 Å². The van der Waals surface area contributed by atoms with E-state index in [0.717, 1.165) is 110 Å². The molecule has 5 heterocycles. The molecular weight excluding hydrogens is 801 g/mol. The first-order valence-corrected chi connectivity index (χ1v) is 22.4. The van der Waals surface area contributed by atoms with Crippen molar-refractivity contribution >= 4 is 97.2 Å². The van der Waals surface area contributed by atoms with E-state index in [9.17, 15) is 0 Å². The Morgan fingerprint density at radius 2 is 1.05 bits per heavy atom. The zero-order valence-electron chi connectivity index (χ0n) is 34.2. The number of aromatic nitrogens is 4. The van der Waals surface area contributed by atoms with Crippen LogP contribution in [0.4, 0.5) is 0 Å². The van der Waals surface area contributed by atoms with Crippen LogP contribution in [0.25, 0.3) is 131 Å². The Balaban J connectivity index is 1.09. The lowest BCUT2D eigenvalue weighted by Gasteiger charge is -2.21. The van der Waals surface area contributed by atoms with Gasteiger partial charge in [0.25, 0.3) is 0 Å². The van der Waals surface area contributed by atoms with Crippen LogP contribution < -0.4 is 0 Å². The fraction of sp³-hybridized carbons (Fsp3) is 0. The highest BCUT2D eigenvalue weighted by molar-refractivity contribution is 7.26. The number of para-hydroxylation sites is 3. The highest BCUT2D eigenvalue weighted by Gasteiger charge is 2.26. The van der Waals surface area contributed by atoms with Crippen molar-refractivity contribution in [3.05, 3.63) is 207 Å². The summed E-state index contributed by atoms with van der Waals surface area (Å²) in [5.41, 5.74) is 15.9. The standard InChI is InChI=1S/C58H34N4OS/c1-4-16-35(17-5-1)43-30-37(54-58-55(60-34-59-54)42-24-12-15-27-52(42)64-58)31-44(36-18-6-2-7-19-36)56(43)62-48-26-14-11-23-41(48)53-49(62)29-28-40-46-32-50-45(33-51(46)63-57(40)53)39-22-10-13-25-47(39)61(50)38-20-8-3-9-21-38/h1-34H. The molecule has 6 heteroatoms. The summed E-state index contributed by atoms with van der Waals surface area (Å²) < 4.78 is 14.3. The van der Waals surface area contributed by atoms with E-state index < -0.39 is 0 Å². The molecule has 298 valence electrons. The molecule has 9 aromatic carbocycles. The van der Waals surface area contributed by atoms with Crippen molar-refractivity contribution in [3.63, 3.8) is 0 Å². The van der Waals surface area contributed by atoms with Crippen LogP contribution in [0.1, 0.15) is 0 Å². The third-order valence-corrected chi connectivity index (χ3v) is 14.2. The molecule has 0 saturated carbocycles. The van der Waals surface area contributed by atoms with Crippen molar-refractivity contribution < 1.29 is 4.42 Å². The van der Waals surface area contributed by atoms with Crippen LogP contribution in [0.3, 0.4) is 0 Å². The summed E-state index contributed by atoms with van der Waals surface area (Å²) in [5.74, 6) is 0. The van der Waals surface area contributed by atoms with Crippen molar-refractivity contribution in [2.75, 3.05) is 0 Å². The van der Waals surface area contributed by atoms with E-state index in [1.54, 1.807) is 17.7 Å². The van der Waals surface area contributed by atoms with Crippen LogP contribution in [0.2, 0.25) is 0 Å². The van der Waals surface area contributed by atoms with Crippen molar-refractivity contribution in [1.82, 2.24) is 19.1 Å². The summed E-state index contributed by atoms with van der Waals surface area (Å²) in [4.78, 5) is 9.84. The summed E-state index contributed by atoms with van der Waals surface area (Å²) >= 11 is 1.75. The fourth-order valence-electron chi connectivity index (χ4n) is 10.3. The van der Waals surface area contributed by atoms with Crippen molar-refractivity contribution in [2.45, 2.75) is 0 Å². The van der Waals surface area contributed by atoms with Gasteiger partial charge in [0.2, 0.25) is 0 Å². The van der Waals surface area contributed by atoms with Gasteiger partial charge in [-0.1, -0.05) is 133 Å².